The lowest BCUT2D eigenvalue weighted by Gasteiger charge is -2.16. The van der Waals surface area contributed by atoms with E-state index in [9.17, 15) is 14.4 Å². The van der Waals surface area contributed by atoms with Gasteiger partial charge in [-0.3, -0.25) is 18.7 Å². The predicted octanol–water partition coefficient (Wildman–Crippen LogP) is 2.01. The summed E-state index contributed by atoms with van der Waals surface area (Å²) in [5.41, 5.74) is -0.294. The van der Waals surface area contributed by atoms with Crippen LogP contribution in [-0.4, -0.2) is 38.8 Å². The number of aromatic nitrogens is 3. The Balaban J connectivity index is 1.62. The fourth-order valence-electron chi connectivity index (χ4n) is 4.57. The van der Waals surface area contributed by atoms with Gasteiger partial charge >= 0.3 is 5.69 Å². The number of amides is 1. The lowest BCUT2D eigenvalue weighted by molar-refractivity contribution is -0.122. The molecule has 4 heterocycles. The molecule has 0 spiro atoms. The largest absolute Gasteiger partial charge is 0.376 e. The Hall–Kier alpha value is -2.52. The summed E-state index contributed by atoms with van der Waals surface area (Å²) in [5.74, 6) is -0.198. The summed E-state index contributed by atoms with van der Waals surface area (Å²) >= 11 is 1.27. The molecule has 2 fully saturated rings. The van der Waals surface area contributed by atoms with Gasteiger partial charge in [-0.2, -0.15) is 0 Å². The van der Waals surface area contributed by atoms with Gasteiger partial charge in [-0.05, 0) is 37.8 Å². The number of thiophene rings is 1. The van der Waals surface area contributed by atoms with Crippen molar-refractivity contribution in [3.05, 3.63) is 39.2 Å². The molecule has 1 saturated carbocycles. The highest BCUT2D eigenvalue weighted by Gasteiger charge is 2.24. The Morgan fingerprint density at radius 3 is 2.80 bits per heavy atom. The van der Waals surface area contributed by atoms with Crippen LogP contribution >= 0.6 is 11.3 Å². The van der Waals surface area contributed by atoms with E-state index in [4.69, 9.17) is 4.74 Å². The first-order chi connectivity index (χ1) is 14.6. The molecule has 2 aliphatic rings. The second-order valence-corrected chi connectivity index (χ2v) is 9.10. The third kappa shape index (κ3) is 3.45. The molecule has 3 aromatic rings. The van der Waals surface area contributed by atoms with E-state index in [-0.39, 0.29) is 36.7 Å². The molecule has 30 heavy (non-hydrogen) atoms. The molecule has 0 aromatic carbocycles. The number of nitrogens with one attached hydrogen (secondary N) is 1. The van der Waals surface area contributed by atoms with E-state index in [0.717, 1.165) is 43.9 Å². The van der Waals surface area contributed by atoms with Gasteiger partial charge in [0, 0.05) is 24.2 Å². The van der Waals surface area contributed by atoms with E-state index in [1.165, 1.54) is 20.5 Å². The van der Waals surface area contributed by atoms with E-state index in [1.807, 2.05) is 6.07 Å². The minimum atomic E-state index is -0.465. The number of nitrogens with zero attached hydrogens (tertiary/aromatic N) is 3. The number of ether oxygens (including phenoxy) is 1. The molecule has 9 heteroatoms. The van der Waals surface area contributed by atoms with Gasteiger partial charge in [0.1, 0.15) is 16.1 Å². The lowest BCUT2D eigenvalue weighted by Crippen LogP contribution is -2.45. The number of rotatable bonds is 5. The van der Waals surface area contributed by atoms with Gasteiger partial charge in [0.2, 0.25) is 5.91 Å². The van der Waals surface area contributed by atoms with Crippen molar-refractivity contribution in [2.75, 3.05) is 6.61 Å². The SMILES string of the molecule is O=C(Cn1c(=O)n(CC2CCCO2)c(=O)c2sc3ncccc3c21)NC1CCCC1. The number of carbonyl (C=O) groups is 1. The highest BCUT2D eigenvalue weighted by molar-refractivity contribution is 7.25. The molecular weight excluding hydrogens is 404 g/mol. The van der Waals surface area contributed by atoms with Crippen molar-refractivity contribution in [3.8, 4) is 0 Å². The molecule has 0 radical (unpaired) electrons. The molecule has 1 atom stereocenters. The maximum Gasteiger partial charge on any atom is 0.332 e. The minimum Gasteiger partial charge on any atom is -0.376 e. The zero-order valence-electron chi connectivity index (χ0n) is 16.6. The number of hydrogen-bond donors (Lipinski definition) is 1. The topological polar surface area (TPSA) is 95.2 Å². The zero-order chi connectivity index (χ0) is 20.7. The second-order valence-electron chi connectivity index (χ2n) is 8.10. The van der Waals surface area contributed by atoms with Crippen LogP contribution in [-0.2, 0) is 22.6 Å². The van der Waals surface area contributed by atoms with E-state index in [0.29, 0.717) is 21.7 Å². The van der Waals surface area contributed by atoms with Gasteiger partial charge in [0.05, 0.1) is 18.2 Å². The van der Waals surface area contributed by atoms with Crippen LogP contribution < -0.4 is 16.6 Å². The first kappa shape index (κ1) is 19.4. The second kappa shape index (κ2) is 7.96. The van der Waals surface area contributed by atoms with Crippen LogP contribution in [0.4, 0.5) is 0 Å². The van der Waals surface area contributed by atoms with Gasteiger partial charge in [-0.25, -0.2) is 9.78 Å². The van der Waals surface area contributed by atoms with Gasteiger partial charge in [-0.15, -0.1) is 11.3 Å². The van der Waals surface area contributed by atoms with Crippen LogP contribution in [0.1, 0.15) is 38.5 Å². The Morgan fingerprint density at radius 1 is 1.20 bits per heavy atom. The van der Waals surface area contributed by atoms with Crippen molar-refractivity contribution in [1.29, 1.82) is 0 Å². The molecule has 1 unspecified atom stereocenters. The molecular formula is C21H24N4O4S. The summed E-state index contributed by atoms with van der Waals surface area (Å²) in [6.45, 7) is 0.740. The maximum atomic E-state index is 13.4. The first-order valence-corrected chi connectivity index (χ1v) is 11.4. The van der Waals surface area contributed by atoms with Gasteiger partial charge in [0.25, 0.3) is 5.56 Å². The average molecular weight is 429 g/mol. The highest BCUT2D eigenvalue weighted by atomic mass is 32.1. The van der Waals surface area contributed by atoms with Crippen LogP contribution in [0, 0.1) is 0 Å². The third-order valence-corrected chi connectivity index (χ3v) is 7.13. The molecule has 1 amide bonds. The summed E-state index contributed by atoms with van der Waals surface area (Å²) in [7, 11) is 0. The molecule has 1 saturated heterocycles. The highest BCUT2D eigenvalue weighted by Crippen LogP contribution is 2.29. The Morgan fingerprint density at radius 2 is 2.03 bits per heavy atom. The molecule has 8 nitrogen and oxygen atoms in total. The zero-order valence-corrected chi connectivity index (χ0v) is 17.5. The maximum absolute atomic E-state index is 13.4. The van der Waals surface area contributed by atoms with Crippen LogP contribution in [0.25, 0.3) is 20.4 Å². The molecule has 1 aliphatic carbocycles. The van der Waals surface area contributed by atoms with Crippen molar-refractivity contribution in [1.82, 2.24) is 19.4 Å². The fraction of sp³-hybridized carbons (Fsp3) is 0.524. The van der Waals surface area contributed by atoms with Crippen molar-refractivity contribution in [2.45, 2.75) is 63.8 Å². The van der Waals surface area contributed by atoms with Crippen LogP contribution in [0.5, 0.6) is 0 Å². The molecule has 1 N–H and O–H groups in total. The molecule has 1 aliphatic heterocycles. The van der Waals surface area contributed by atoms with E-state index in [1.54, 1.807) is 12.3 Å². The smallest absolute Gasteiger partial charge is 0.332 e. The number of pyridine rings is 1. The average Bonchev–Trinajstić information content (AvgIpc) is 3.49. The van der Waals surface area contributed by atoms with Crippen LogP contribution in [0.3, 0.4) is 0 Å². The summed E-state index contributed by atoms with van der Waals surface area (Å²) in [6, 6.07) is 3.79. The standard InChI is InChI=1S/C21H24N4O4S/c26-16(23-13-5-1-2-6-13)12-24-17-15-8-3-9-22-19(15)30-18(17)20(27)25(21(24)28)11-14-7-4-10-29-14/h3,8-9,13-14H,1-2,4-7,10-12H2,(H,23,26). The van der Waals surface area contributed by atoms with Gasteiger partial charge < -0.3 is 10.1 Å². The Bertz CT molecular complexity index is 1220. The third-order valence-electron chi connectivity index (χ3n) is 6.04. The predicted molar refractivity (Wildman–Crippen MR) is 115 cm³/mol. The summed E-state index contributed by atoms with van der Waals surface area (Å²) in [5, 5.41) is 3.77. The Labute approximate surface area is 176 Å². The van der Waals surface area contributed by atoms with Crippen molar-refractivity contribution in [2.24, 2.45) is 0 Å². The molecule has 0 bridgehead atoms. The fourth-order valence-corrected chi connectivity index (χ4v) is 5.67. The monoisotopic (exact) mass is 428 g/mol. The number of hydrogen-bond acceptors (Lipinski definition) is 6. The molecule has 3 aromatic heterocycles. The van der Waals surface area contributed by atoms with E-state index < -0.39 is 5.69 Å². The summed E-state index contributed by atoms with van der Waals surface area (Å²) in [6.07, 6.45) is 7.43. The van der Waals surface area contributed by atoms with E-state index >= 15 is 0 Å². The summed E-state index contributed by atoms with van der Waals surface area (Å²) in [4.78, 5) is 44.4. The number of fused-ring (bicyclic) bond motifs is 3. The van der Waals surface area contributed by atoms with Crippen molar-refractivity contribution in [3.63, 3.8) is 0 Å². The van der Waals surface area contributed by atoms with Crippen molar-refractivity contribution >= 4 is 37.7 Å². The normalized spacial score (nSPS) is 19.8. The summed E-state index contributed by atoms with van der Waals surface area (Å²) < 4.78 is 8.78. The van der Waals surface area contributed by atoms with E-state index in [2.05, 4.69) is 10.3 Å². The molecule has 158 valence electrons. The van der Waals surface area contributed by atoms with Gasteiger partial charge in [0.15, 0.2) is 0 Å². The molecule has 5 rings (SSSR count). The Kier molecular flexibility index (Phi) is 5.16. The van der Waals surface area contributed by atoms with Crippen molar-refractivity contribution < 1.29 is 9.53 Å². The quantitative estimate of drug-likeness (QED) is 0.671. The lowest BCUT2D eigenvalue weighted by atomic mass is 10.2. The van der Waals surface area contributed by atoms with Crippen LogP contribution in [0.15, 0.2) is 27.9 Å². The minimum absolute atomic E-state index is 0.113. The first-order valence-electron chi connectivity index (χ1n) is 10.5. The number of carbonyl (C=O) groups excluding carboxylic acids is 1. The van der Waals surface area contributed by atoms with Gasteiger partial charge in [-0.1, -0.05) is 12.8 Å². The van der Waals surface area contributed by atoms with Crippen LogP contribution in [0.2, 0.25) is 0 Å².